The third-order valence-corrected chi connectivity index (χ3v) is 5.23. The minimum atomic E-state index is -0.0404. The summed E-state index contributed by atoms with van der Waals surface area (Å²) in [5, 5.41) is 0. The molecule has 2 saturated heterocycles. The van der Waals surface area contributed by atoms with Gasteiger partial charge in [-0.25, -0.2) is 9.97 Å². The van der Waals surface area contributed by atoms with E-state index in [-0.39, 0.29) is 11.9 Å². The number of amides is 1. The molecule has 0 aliphatic carbocycles. The van der Waals surface area contributed by atoms with Crippen LogP contribution in [0.1, 0.15) is 27.2 Å². The molecule has 1 amide bonds. The van der Waals surface area contributed by atoms with Crippen LogP contribution in [0.2, 0.25) is 0 Å². The normalized spacial score (nSPS) is 27.1. The molecule has 132 valence electrons. The maximum absolute atomic E-state index is 12.9. The predicted octanol–water partition coefficient (Wildman–Crippen LogP) is 1.49. The second kappa shape index (κ2) is 7.47. The van der Waals surface area contributed by atoms with Gasteiger partial charge < -0.3 is 9.80 Å². The predicted molar refractivity (Wildman–Crippen MR) is 94.8 cm³/mol. The lowest BCUT2D eigenvalue weighted by molar-refractivity contribution is -0.139. The zero-order chi connectivity index (χ0) is 17.1. The van der Waals surface area contributed by atoms with Gasteiger partial charge in [0.1, 0.15) is 0 Å². The van der Waals surface area contributed by atoms with Crippen molar-refractivity contribution in [3.8, 4) is 0 Å². The van der Waals surface area contributed by atoms with Crippen LogP contribution in [-0.2, 0) is 4.79 Å². The monoisotopic (exact) mass is 331 g/mol. The van der Waals surface area contributed by atoms with Crippen LogP contribution in [0.25, 0.3) is 0 Å². The number of aromatic nitrogens is 2. The highest BCUT2D eigenvalue weighted by molar-refractivity contribution is 5.81. The second-order valence-electron chi connectivity index (χ2n) is 7.44. The standard InChI is InChI=1S/C18H29N5O/c1-14-11-15(2)13-23(12-14)17(24)16(3)21-7-9-22(10-8-21)18-19-5-4-6-20-18/h4-6,14-16H,7-13H2,1-3H3/t14-,15-,16+/m0/s1. The maximum Gasteiger partial charge on any atom is 0.239 e. The molecule has 1 aromatic rings. The first kappa shape index (κ1) is 17.1. The highest BCUT2D eigenvalue weighted by atomic mass is 16.2. The van der Waals surface area contributed by atoms with E-state index in [1.807, 2.05) is 6.07 Å². The first-order valence-electron chi connectivity index (χ1n) is 9.09. The van der Waals surface area contributed by atoms with Gasteiger partial charge in [0.05, 0.1) is 6.04 Å². The van der Waals surface area contributed by atoms with Crippen LogP contribution >= 0.6 is 0 Å². The molecule has 1 aromatic heterocycles. The van der Waals surface area contributed by atoms with Crippen molar-refractivity contribution in [1.82, 2.24) is 19.8 Å². The van der Waals surface area contributed by atoms with Gasteiger partial charge in [-0.3, -0.25) is 9.69 Å². The van der Waals surface area contributed by atoms with Gasteiger partial charge in [0, 0.05) is 51.7 Å². The molecule has 0 spiro atoms. The number of hydrogen-bond donors (Lipinski definition) is 0. The molecule has 3 heterocycles. The minimum Gasteiger partial charge on any atom is -0.341 e. The van der Waals surface area contributed by atoms with Gasteiger partial charge in [-0.2, -0.15) is 0 Å². The summed E-state index contributed by atoms with van der Waals surface area (Å²) in [6.07, 6.45) is 4.78. The van der Waals surface area contributed by atoms with Crippen molar-refractivity contribution in [2.24, 2.45) is 11.8 Å². The Balaban J connectivity index is 1.55. The third kappa shape index (κ3) is 3.86. The number of nitrogens with zero attached hydrogens (tertiary/aromatic N) is 5. The Morgan fingerprint density at radius 1 is 1.08 bits per heavy atom. The molecule has 2 fully saturated rings. The van der Waals surface area contributed by atoms with Gasteiger partial charge in [0.15, 0.2) is 0 Å². The average molecular weight is 331 g/mol. The fourth-order valence-corrected chi connectivity index (χ4v) is 4.03. The van der Waals surface area contributed by atoms with E-state index < -0.39 is 0 Å². The summed E-state index contributed by atoms with van der Waals surface area (Å²) in [5.41, 5.74) is 0. The average Bonchev–Trinajstić information content (AvgIpc) is 2.60. The molecule has 2 aliphatic heterocycles. The fraction of sp³-hybridized carbons (Fsp3) is 0.722. The van der Waals surface area contributed by atoms with Crippen LogP contribution in [0.5, 0.6) is 0 Å². The molecular formula is C18H29N5O. The van der Waals surface area contributed by atoms with Gasteiger partial charge in [0.25, 0.3) is 0 Å². The molecule has 2 aliphatic rings. The molecule has 3 atom stereocenters. The maximum atomic E-state index is 12.9. The first-order valence-corrected chi connectivity index (χ1v) is 9.09. The Morgan fingerprint density at radius 2 is 1.67 bits per heavy atom. The molecule has 6 nitrogen and oxygen atoms in total. The molecule has 0 radical (unpaired) electrons. The van der Waals surface area contributed by atoms with Gasteiger partial charge in [0.2, 0.25) is 11.9 Å². The number of carbonyl (C=O) groups excluding carboxylic acids is 1. The molecule has 3 rings (SSSR count). The SMILES string of the molecule is C[C@H]1C[C@H](C)CN(C(=O)[C@@H](C)N2CCN(c3ncccn3)CC2)C1. The lowest BCUT2D eigenvalue weighted by Crippen LogP contribution is -2.56. The number of likely N-dealkylation sites (tertiary alicyclic amines) is 1. The van der Waals surface area contributed by atoms with Crippen LogP contribution in [0.4, 0.5) is 5.95 Å². The summed E-state index contributed by atoms with van der Waals surface area (Å²) in [5.74, 6) is 2.29. The summed E-state index contributed by atoms with van der Waals surface area (Å²) in [6, 6.07) is 1.79. The van der Waals surface area contributed by atoms with Crippen molar-refractivity contribution < 1.29 is 4.79 Å². The van der Waals surface area contributed by atoms with Crippen LogP contribution < -0.4 is 4.90 Å². The van der Waals surface area contributed by atoms with Crippen LogP contribution in [-0.4, -0.2) is 71.0 Å². The number of piperazine rings is 1. The molecule has 0 bridgehead atoms. The van der Waals surface area contributed by atoms with Gasteiger partial charge >= 0.3 is 0 Å². The summed E-state index contributed by atoms with van der Waals surface area (Å²) < 4.78 is 0. The molecule has 24 heavy (non-hydrogen) atoms. The van der Waals surface area contributed by atoms with Crippen LogP contribution in [0, 0.1) is 11.8 Å². The highest BCUT2D eigenvalue weighted by Crippen LogP contribution is 2.22. The van der Waals surface area contributed by atoms with E-state index in [4.69, 9.17) is 0 Å². The molecule has 0 aromatic carbocycles. The fourth-order valence-electron chi connectivity index (χ4n) is 4.03. The van der Waals surface area contributed by atoms with E-state index in [0.717, 1.165) is 45.2 Å². The van der Waals surface area contributed by atoms with Crippen LogP contribution in [0.3, 0.4) is 0 Å². The van der Waals surface area contributed by atoms with Gasteiger partial charge in [-0.1, -0.05) is 13.8 Å². The van der Waals surface area contributed by atoms with Crippen molar-refractivity contribution in [2.75, 3.05) is 44.2 Å². The number of hydrogen-bond acceptors (Lipinski definition) is 5. The summed E-state index contributed by atoms with van der Waals surface area (Å²) >= 11 is 0. The summed E-state index contributed by atoms with van der Waals surface area (Å²) in [4.78, 5) is 28.1. The Labute approximate surface area is 144 Å². The van der Waals surface area contributed by atoms with Crippen LogP contribution in [0.15, 0.2) is 18.5 Å². The molecule has 0 N–H and O–H groups in total. The van der Waals surface area contributed by atoms with Crippen molar-refractivity contribution >= 4 is 11.9 Å². The quantitative estimate of drug-likeness (QED) is 0.840. The number of piperidine rings is 1. The zero-order valence-electron chi connectivity index (χ0n) is 15.1. The topological polar surface area (TPSA) is 52.6 Å². The van der Waals surface area contributed by atoms with Crippen molar-refractivity contribution in [2.45, 2.75) is 33.2 Å². The first-order chi connectivity index (χ1) is 11.5. The third-order valence-electron chi connectivity index (χ3n) is 5.23. The Hall–Kier alpha value is -1.69. The minimum absolute atomic E-state index is 0.0404. The van der Waals surface area contributed by atoms with Crippen molar-refractivity contribution in [3.63, 3.8) is 0 Å². The number of anilines is 1. The molecule has 0 unspecified atom stereocenters. The highest BCUT2D eigenvalue weighted by Gasteiger charge is 2.32. The van der Waals surface area contributed by atoms with E-state index in [1.54, 1.807) is 12.4 Å². The Bertz CT molecular complexity index is 534. The van der Waals surface area contributed by atoms with Crippen molar-refractivity contribution in [1.29, 1.82) is 0 Å². The van der Waals surface area contributed by atoms with Crippen molar-refractivity contribution in [3.05, 3.63) is 18.5 Å². The smallest absolute Gasteiger partial charge is 0.239 e. The van der Waals surface area contributed by atoms with E-state index in [0.29, 0.717) is 11.8 Å². The van der Waals surface area contributed by atoms with E-state index in [1.165, 1.54) is 6.42 Å². The lowest BCUT2D eigenvalue weighted by atomic mass is 9.91. The molecule has 6 heteroatoms. The van der Waals surface area contributed by atoms with E-state index >= 15 is 0 Å². The number of rotatable bonds is 3. The van der Waals surface area contributed by atoms with Gasteiger partial charge in [-0.15, -0.1) is 0 Å². The summed E-state index contributed by atoms with van der Waals surface area (Å²) in [6.45, 7) is 11.9. The largest absolute Gasteiger partial charge is 0.341 e. The Morgan fingerprint density at radius 3 is 2.25 bits per heavy atom. The lowest BCUT2D eigenvalue weighted by Gasteiger charge is -2.41. The Kier molecular flexibility index (Phi) is 5.33. The second-order valence-corrected chi connectivity index (χ2v) is 7.44. The van der Waals surface area contributed by atoms with E-state index in [9.17, 15) is 4.79 Å². The summed E-state index contributed by atoms with van der Waals surface area (Å²) in [7, 11) is 0. The molecular weight excluding hydrogens is 302 g/mol. The van der Waals surface area contributed by atoms with E-state index in [2.05, 4.69) is 45.4 Å². The number of carbonyl (C=O) groups is 1. The molecule has 0 saturated carbocycles. The van der Waals surface area contributed by atoms with Gasteiger partial charge in [-0.05, 0) is 31.2 Å². The zero-order valence-corrected chi connectivity index (χ0v) is 15.1.